The molecule has 1 aromatic heterocycles. The molecule has 0 radical (unpaired) electrons. The van der Waals surface area contributed by atoms with Gasteiger partial charge in [-0.05, 0) is 60.9 Å². The second-order valence-electron chi connectivity index (χ2n) is 4.98. The van der Waals surface area contributed by atoms with Crippen molar-refractivity contribution in [1.82, 2.24) is 0 Å². The predicted molar refractivity (Wildman–Crippen MR) is 60.3 cm³/mol. The summed E-state index contributed by atoms with van der Waals surface area (Å²) >= 11 is 1.84. The number of thiophene rings is 1. The van der Waals surface area contributed by atoms with Gasteiger partial charge < -0.3 is 5.73 Å². The summed E-state index contributed by atoms with van der Waals surface area (Å²) in [6, 6.07) is 2.51. The van der Waals surface area contributed by atoms with E-state index in [9.17, 15) is 0 Å². The van der Waals surface area contributed by atoms with Crippen molar-refractivity contribution in [2.24, 2.45) is 23.5 Å². The van der Waals surface area contributed by atoms with Gasteiger partial charge in [0.05, 0.1) is 0 Å². The van der Waals surface area contributed by atoms with Crippen molar-refractivity contribution in [3.63, 3.8) is 0 Å². The zero-order valence-electron chi connectivity index (χ0n) is 8.57. The fourth-order valence-electron chi connectivity index (χ4n) is 2.99. The molecular weight excluding hydrogens is 190 g/mol. The third-order valence-electron chi connectivity index (χ3n) is 3.99. The highest BCUT2D eigenvalue weighted by atomic mass is 32.1. The molecule has 3 rings (SSSR count). The molecule has 2 saturated carbocycles. The number of nitrogens with two attached hydrogens (primary N) is 1. The van der Waals surface area contributed by atoms with Crippen LogP contribution in [0.15, 0.2) is 11.4 Å². The second-order valence-corrected chi connectivity index (χ2v) is 5.93. The second kappa shape index (κ2) is 3.07. The SMILES string of the molecule is Cc1ccsc1C(N)C1CC2CC2C1. The number of aryl methyl sites for hydroxylation is 1. The highest BCUT2D eigenvalue weighted by molar-refractivity contribution is 7.10. The molecule has 3 atom stereocenters. The van der Waals surface area contributed by atoms with E-state index in [0.29, 0.717) is 6.04 Å². The van der Waals surface area contributed by atoms with Crippen molar-refractivity contribution in [2.75, 3.05) is 0 Å². The lowest BCUT2D eigenvalue weighted by Crippen LogP contribution is -2.19. The molecule has 0 aromatic carbocycles. The van der Waals surface area contributed by atoms with Crippen LogP contribution < -0.4 is 5.73 Å². The van der Waals surface area contributed by atoms with Crippen molar-refractivity contribution >= 4 is 11.3 Å². The Bertz CT molecular complexity index is 334. The van der Waals surface area contributed by atoms with Crippen LogP contribution in [0.1, 0.15) is 35.7 Å². The van der Waals surface area contributed by atoms with Crippen LogP contribution in [0.3, 0.4) is 0 Å². The van der Waals surface area contributed by atoms with Crippen molar-refractivity contribution in [3.05, 3.63) is 21.9 Å². The fraction of sp³-hybridized carbons (Fsp3) is 0.667. The van der Waals surface area contributed by atoms with E-state index in [4.69, 9.17) is 5.73 Å². The van der Waals surface area contributed by atoms with Gasteiger partial charge in [-0.25, -0.2) is 0 Å². The quantitative estimate of drug-likeness (QED) is 0.792. The molecule has 0 spiro atoms. The van der Waals surface area contributed by atoms with Gasteiger partial charge in [0.15, 0.2) is 0 Å². The summed E-state index contributed by atoms with van der Waals surface area (Å²) < 4.78 is 0. The molecule has 0 saturated heterocycles. The Hall–Kier alpha value is -0.340. The molecule has 2 fully saturated rings. The third kappa shape index (κ3) is 1.32. The number of hydrogen-bond acceptors (Lipinski definition) is 2. The maximum atomic E-state index is 6.34. The zero-order valence-corrected chi connectivity index (χ0v) is 9.39. The van der Waals surface area contributed by atoms with Gasteiger partial charge >= 0.3 is 0 Å². The average Bonchev–Trinajstić information content (AvgIpc) is 2.64. The normalized spacial score (nSPS) is 36.9. The van der Waals surface area contributed by atoms with Crippen LogP contribution in [-0.2, 0) is 0 Å². The summed E-state index contributed by atoms with van der Waals surface area (Å²) in [5, 5.41) is 2.17. The fourth-order valence-corrected chi connectivity index (χ4v) is 4.02. The lowest BCUT2D eigenvalue weighted by Gasteiger charge is -2.20. The molecule has 3 unspecified atom stereocenters. The highest BCUT2D eigenvalue weighted by Gasteiger charge is 2.47. The highest BCUT2D eigenvalue weighted by Crippen LogP contribution is 2.57. The third-order valence-corrected chi connectivity index (χ3v) is 5.11. The van der Waals surface area contributed by atoms with E-state index in [1.807, 2.05) is 11.3 Å². The van der Waals surface area contributed by atoms with Crippen molar-refractivity contribution in [1.29, 1.82) is 0 Å². The Morgan fingerprint density at radius 1 is 1.36 bits per heavy atom. The summed E-state index contributed by atoms with van der Waals surface area (Å²) in [6.07, 6.45) is 4.28. The van der Waals surface area contributed by atoms with Gasteiger partial charge in [0, 0.05) is 10.9 Å². The van der Waals surface area contributed by atoms with Crippen LogP contribution in [0.25, 0.3) is 0 Å². The van der Waals surface area contributed by atoms with E-state index < -0.39 is 0 Å². The van der Waals surface area contributed by atoms with Gasteiger partial charge in [-0.15, -0.1) is 11.3 Å². The molecule has 1 nitrogen and oxygen atoms in total. The molecule has 2 heteroatoms. The zero-order chi connectivity index (χ0) is 9.71. The average molecular weight is 207 g/mol. The molecule has 2 N–H and O–H groups in total. The Kier molecular flexibility index (Phi) is 1.96. The minimum atomic E-state index is 0.322. The molecule has 0 aliphatic heterocycles. The minimum Gasteiger partial charge on any atom is -0.323 e. The van der Waals surface area contributed by atoms with E-state index in [1.165, 1.54) is 29.7 Å². The van der Waals surface area contributed by atoms with E-state index in [1.54, 1.807) is 0 Å². The van der Waals surface area contributed by atoms with Gasteiger partial charge in [0.25, 0.3) is 0 Å². The standard InChI is InChI=1S/C12H17NS/c1-7-2-3-14-12(7)11(13)10-5-8-4-9(8)6-10/h2-3,8-11H,4-6,13H2,1H3. The van der Waals surface area contributed by atoms with Crippen LogP contribution >= 0.6 is 11.3 Å². The Balaban J connectivity index is 1.76. The van der Waals surface area contributed by atoms with Gasteiger partial charge in [0.2, 0.25) is 0 Å². The van der Waals surface area contributed by atoms with E-state index in [2.05, 4.69) is 18.4 Å². The summed E-state index contributed by atoms with van der Waals surface area (Å²) in [5.41, 5.74) is 7.73. The lowest BCUT2D eigenvalue weighted by molar-refractivity contribution is 0.407. The number of hydrogen-bond donors (Lipinski definition) is 1. The first-order valence-corrected chi connectivity index (χ1v) is 6.43. The number of fused-ring (bicyclic) bond motifs is 1. The largest absolute Gasteiger partial charge is 0.323 e. The van der Waals surface area contributed by atoms with Crippen molar-refractivity contribution < 1.29 is 0 Å². The van der Waals surface area contributed by atoms with E-state index >= 15 is 0 Å². The molecule has 14 heavy (non-hydrogen) atoms. The van der Waals surface area contributed by atoms with Crippen LogP contribution in [0.2, 0.25) is 0 Å². The molecule has 1 aromatic rings. The van der Waals surface area contributed by atoms with Gasteiger partial charge in [-0.1, -0.05) is 0 Å². The first-order valence-electron chi connectivity index (χ1n) is 5.55. The maximum absolute atomic E-state index is 6.34. The van der Waals surface area contributed by atoms with Crippen LogP contribution in [0.5, 0.6) is 0 Å². The molecule has 1 heterocycles. The van der Waals surface area contributed by atoms with Crippen molar-refractivity contribution in [3.8, 4) is 0 Å². The topological polar surface area (TPSA) is 26.0 Å². The summed E-state index contributed by atoms with van der Waals surface area (Å²) in [4.78, 5) is 1.43. The molecule has 0 bridgehead atoms. The van der Waals surface area contributed by atoms with Crippen LogP contribution in [0, 0.1) is 24.7 Å². The summed E-state index contributed by atoms with van der Waals surface area (Å²) in [7, 11) is 0. The molecular formula is C12H17NS. The molecule has 0 amide bonds. The van der Waals surface area contributed by atoms with E-state index in [-0.39, 0.29) is 0 Å². The smallest absolute Gasteiger partial charge is 0.0421 e. The summed E-state index contributed by atoms with van der Waals surface area (Å²) in [5.74, 6) is 2.87. The monoisotopic (exact) mass is 207 g/mol. The van der Waals surface area contributed by atoms with Crippen LogP contribution in [-0.4, -0.2) is 0 Å². The van der Waals surface area contributed by atoms with Crippen molar-refractivity contribution in [2.45, 2.75) is 32.2 Å². The lowest BCUT2D eigenvalue weighted by atomic mass is 9.93. The van der Waals surface area contributed by atoms with E-state index in [0.717, 1.165) is 17.8 Å². The molecule has 2 aliphatic rings. The van der Waals surface area contributed by atoms with Crippen LogP contribution in [0.4, 0.5) is 0 Å². The van der Waals surface area contributed by atoms with Gasteiger partial charge in [-0.2, -0.15) is 0 Å². The predicted octanol–water partition coefficient (Wildman–Crippen LogP) is 3.10. The van der Waals surface area contributed by atoms with Gasteiger partial charge in [0.1, 0.15) is 0 Å². The number of rotatable bonds is 2. The van der Waals surface area contributed by atoms with Gasteiger partial charge in [-0.3, -0.25) is 0 Å². The molecule has 2 aliphatic carbocycles. The first kappa shape index (κ1) is 8.93. The first-order chi connectivity index (χ1) is 6.75. The Labute approximate surface area is 89.3 Å². The minimum absolute atomic E-state index is 0.322. The Morgan fingerprint density at radius 2 is 2.07 bits per heavy atom. The molecule has 76 valence electrons. The summed E-state index contributed by atoms with van der Waals surface area (Å²) in [6.45, 7) is 2.18. The maximum Gasteiger partial charge on any atom is 0.0421 e. The Morgan fingerprint density at radius 3 is 2.64 bits per heavy atom.